The van der Waals surface area contributed by atoms with E-state index in [0.29, 0.717) is 30.7 Å². The Morgan fingerprint density at radius 2 is 1.58 bits per heavy atom. The number of carbonyl (C=O) groups excluding carboxylic acids is 3. The molecule has 0 unspecified atom stereocenters. The maximum absolute atomic E-state index is 12.7. The van der Waals surface area contributed by atoms with Crippen LogP contribution in [0.5, 0.6) is 0 Å². The first kappa shape index (κ1) is 17.6. The third kappa shape index (κ3) is 3.04. The second-order valence-electron chi connectivity index (χ2n) is 6.00. The number of halogens is 2. The van der Waals surface area contributed by atoms with Crippen molar-refractivity contribution in [2.45, 2.75) is 29.4 Å². The van der Waals surface area contributed by atoms with E-state index in [-0.39, 0.29) is 33.3 Å². The number of imide groups is 1. The lowest BCUT2D eigenvalue weighted by Gasteiger charge is -2.29. The Hall–Kier alpha value is -1.21. The van der Waals surface area contributed by atoms with Gasteiger partial charge >= 0.3 is 5.97 Å². The number of ether oxygens (including phenoxy) is 1. The first-order valence-electron chi connectivity index (χ1n) is 7.87. The number of esters is 1. The average molecular weight is 459 g/mol. The molecule has 0 aromatic heterocycles. The second-order valence-corrected chi connectivity index (χ2v) is 8.35. The number of anilines is 1. The van der Waals surface area contributed by atoms with Crippen LogP contribution >= 0.6 is 31.9 Å². The predicted octanol–water partition coefficient (Wildman–Crippen LogP) is 3.29. The lowest BCUT2D eigenvalue weighted by atomic mass is 9.81. The highest BCUT2D eigenvalue weighted by atomic mass is 79.9. The van der Waals surface area contributed by atoms with Crippen LogP contribution in [0.4, 0.5) is 5.69 Å². The van der Waals surface area contributed by atoms with Gasteiger partial charge < -0.3 is 4.74 Å². The number of hydrogen-bond donors (Lipinski definition) is 0. The van der Waals surface area contributed by atoms with Gasteiger partial charge in [-0.25, -0.2) is 4.79 Å². The minimum atomic E-state index is -0.416. The molecule has 4 atom stereocenters. The molecule has 7 heteroatoms. The van der Waals surface area contributed by atoms with Gasteiger partial charge in [0.25, 0.3) is 0 Å². The number of fused-ring (bicyclic) bond motifs is 1. The van der Waals surface area contributed by atoms with Crippen molar-refractivity contribution < 1.29 is 19.1 Å². The van der Waals surface area contributed by atoms with Crippen LogP contribution in [0.2, 0.25) is 0 Å². The predicted molar refractivity (Wildman–Crippen MR) is 96.5 cm³/mol. The van der Waals surface area contributed by atoms with Crippen molar-refractivity contribution in [2.75, 3.05) is 11.5 Å². The first-order chi connectivity index (χ1) is 11.4. The highest BCUT2D eigenvalue weighted by Gasteiger charge is 2.52. The number of nitrogens with zero attached hydrogens (tertiary/aromatic N) is 1. The van der Waals surface area contributed by atoms with E-state index in [1.807, 2.05) is 0 Å². The molecule has 1 aromatic rings. The second kappa shape index (κ2) is 6.96. The zero-order valence-corrected chi connectivity index (χ0v) is 16.2. The summed E-state index contributed by atoms with van der Waals surface area (Å²) < 4.78 is 4.94. The third-order valence-corrected chi connectivity index (χ3v) is 7.28. The van der Waals surface area contributed by atoms with Gasteiger partial charge in [0.1, 0.15) is 0 Å². The Morgan fingerprint density at radius 1 is 1.08 bits per heavy atom. The zero-order valence-electron chi connectivity index (χ0n) is 13.1. The SMILES string of the molecule is CCOC(=O)c1ccc(N2C(=O)[C@H]3C[C@@H](Br)[C@@H](Br)C[C@H]3C2=O)cc1. The summed E-state index contributed by atoms with van der Waals surface area (Å²) in [4.78, 5) is 38.7. The van der Waals surface area contributed by atoms with Crippen LogP contribution in [0, 0.1) is 11.8 Å². The zero-order chi connectivity index (χ0) is 17.4. The Bertz CT molecular complexity index is 648. The molecule has 1 aliphatic carbocycles. The Labute approximate surface area is 157 Å². The minimum absolute atomic E-state index is 0.155. The van der Waals surface area contributed by atoms with E-state index in [1.54, 1.807) is 31.2 Å². The lowest BCUT2D eigenvalue weighted by molar-refractivity contribution is -0.122. The minimum Gasteiger partial charge on any atom is -0.462 e. The van der Waals surface area contributed by atoms with Crippen LogP contribution in [0.1, 0.15) is 30.1 Å². The molecule has 0 spiro atoms. The molecular weight excluding hydrogens is 442 g/mol. The summed E-state index contributed by atoms with van der Waals surface area (Å²) in [6.45, 7) is 2.04. The maximum atomic E-state index is 12.7. The smallest absolute Gasteiger partial charge is 0.338 e. The highest BCUT2D eigenvalue weighted by molar-refractivity contribution is 9.12. The molecule has 1 heterocycles. The molecule has 0 radical (unpaired) electrons. The van der Waals surface area contributed by atoms with Gasteiger partial charge in [0.15, 0.2) is 0 Å². The van der Waals surface area contributed by atoms with Crippen LogP contribution in [0.25, 0.3) is 0 Å². The molecule has 0 N–H and O–H groups in total. The highest BCUT2D eigenvalue weighted by Crippen LogP contribution is 2.44. The van der Waals surface area contributed by atoms with Crippen molar-refractivity contribution in [1.82, 2.24) is 0 Å². The summed E-state index contributed by atoms with van der Waals surface area (Å²) in [6.07, 6.45) is 1.28. The molecule has 0 bridgehead atoms. The summed E-state index contributed by atoms with van der Waals surface area (Å²) >= 11 is 7.15. The van der Waals surface area contributed by atoms with E-state index >= 15 is 0 Å². The van der Waals surface area contributed by atoms with E-state index in [4.69, 9.17) is 4.74 Å². The first-order valence-corrected chi connectivity index (χ1v) is 9.70. The van der Waals surface area contributed by atoms with E-state index in [1.165, 1.54) is 4.90 Å². The average Bonchev–Trinajstić information content (AvgIpc) is 2.79. The van der Waals surface area contributed by atoms with Gasteiger partial charge in [0.05, 0.1) is 29.7 Å². The van der Waals surface area contributed by atoms with Gasteiger partial charge in [-0.05, 0) is 44.0 Å². The van der Waals surface area contributed by atoms with Crippen molar-refractivity contribution >= 4 is 55.3 Å². The van der Waals surface area contributed by atoms with Crippen LogP contribution < -0.4 is 4.90 Å². The summed E-state index contributed by atoms with van der Waals surface area (Å²) in [7, 11) is 0. The molecule has 1 saturated carbocycles. The largest absolute Gasteiger partial charge is 0.462 e. The van der Waals surface area contributed by atoms with Crippen molar-refractivity contribution in [1.29, 1.82) is 0 Å². The Morgan fingerprint density at radius 3 is 2.04 bits per heavy atom. The normalized spacial score (nSPS) is 29.5. The van der Waals surface area contributed by atoms with Gasteiger partial charge in [0, 0.05) is 9.65 Å². The standard InChI is InChI=1S/C17H17Br2NO4/c1-2-24-17(23)9-3-5-10(6-4-9)20-15(21)11-7-13(18)14(19)8-12(11)16(20)22/h3-6,11-14H,2,7-8H2,1H3/t11-,12+,13+,14-. The number of alkyl halides is 2. The van der Waals surface area contributed by atoms with E-state index in [0.717, 1.165) is 0 Å². The number of hydrogen-bond acceptors (Lipinski definition) is 4. The molecule has 2 fully saturated rings. The Balaban J connectivity index is 1.83. The Kier molecular flexibility index (Phi) is 5.11. The molecule has 1 aromatic carbocycles. The quantitative estimate of drug-likeness (QED) is 0.396. The van der Waals surface area contributed by atoms with Crippen LogP contribution in [0.15, 0.2) is 24.3 Å². The monoisotopic (exact) mass is 457 g/mol. The van der Waals surface area contributed by atoms with Crippen molar-refractivity contribution in [2.24, 2.45) is 11.8 Å². The van der Waals surface area contributed by atoms with Crippen molar-refractivity contribution in [3.63, 3.8) is 0 Å². The summed E-state index contributed by atoms with van der Waals surface area (Å²) in [5, 5.41) is 0. The van der Waals surface area contributed by atoms with Crippen molar-refractivity contribution in [3.05, 3.63) is 29.8 Å². The number of rotatable bonds is 3. The van der Waals surface area contributed by atoms with Crippen LogP contribution in [-0.4, -0.2) is 34.0 Å². The molecular formula is C17H17Br2NO4. The fourth-order valence-corrected chi connectivity index (χ4v) is 4.55. The molecule has 5 nitrogen and oxygen atoms in total. The summed E-state index contributed by atoms with van der Waals surface area (Å²) in [5.41, 5.74) is 0.905. The third-order valence-electron chi connectivity index (χ3n) is 4.55. The molecule has 2 amide bonds. The fraction of sp³-hybridized carbons (Fsp3) is 0.471. The molecule has 1 saturated heterocycles. The van der Waals surface area contributed by atoms with Gasteiger partial charge in [-0.15, -0.1) is 0 Å². The number of carbonyl (C=O) groups is 3. The maximum Gasteiger partial charge on any atom is 0.338 e. The van der Waals surface area contributed by atoms with Gasteiger partial charge in [-0.1, -0.05) is 31.9 Å². The van der Waals surface area contributed by atoms with E-state index < -0.39 is 5.97 Å². The summed E-state index contributed by atoms with van der Waals surface area (Å²) in [5.74, 6) is -1.28. The van der Waals surface area contributed by atoms with Gasteiger partial charge in [0.2, 0.25) is 11.8 Å². The molecule has 2 aliphatic rings. The van der Waals surface area contributed by atoms with Gasteiger partial charge in [-0.2, -0.15) is 0 Å². The number of benzene rings is 1. The molecule has 1 aliphatic heterocycles. The molecule has 128 valence electrons. The van der Waals surface area contributed by atoms with Crippen LogP contribution in [0.3, 0.4) is 0 Å². The topological polar surface area (TPSA) is 63.7 Å². The lowest BCUT2D eigenvalue weighted by Crippen LogP contribution is -2.34. The van der Waals surface area contributed by atoms with E-state index in [9.17, 15) is 14.4 Å². The fourth-order valence-electron chi connectivity index (χ4n) is 3.31. The van der Waals surface area contributed by atoms with Crippen molar-refractivity contribution in [3.8, 4) is 0 Å². The molecule has 3 rings (SSSR count). The van der Waals surface area contributed by atoms with E-state index in [2.05, 4.69) is 31.9 Å². The van der Waals surface area contributed by atoms with Gasteiger partial charge in [-0.3, -0.25) is 14.5 Å². The number of amides is 2. The van der Waals surface area contributed by atoms with Crippen LogP contribution in [-0.2, 0) is 14.3 Å². The molecule has 24 heavy (non-hydrogen) atoms. The summed E-state index contributed by atoms with van der Waals surface area (Å²) in [6, 6.07) is 6.40.